The fourth-order valence-electron chi connectivity index (χ4n) is 1.90. The van der Waals surface area contributed by atoms with Gasteiger partial charge in [0.1, 0.15) is 6.04 Å². The Morgan fingerprint density at radius 3 is 2.09 bits per heavy atom. The molecule has 1 atom stereocenters. The minimum absolute atomic E-state index is 0.156. The largest absolute Gasteiger partial charge is 0.368 e. The van der Waals surface area contributed by atoms with Crippen molar-refractivity contribution in [1.29, 1.82) is 0 Å². The molecule has 0 radical (unpaired) electrons. The van der Waals surface area contributed by atoms with Gasteiger partial charge in [0.05, 0.1) is 6.54 Å². The molecule has 128 valence electrons. The van der Waals surface area contributed by atoms with Crippen LogP contribution in [0.25, 0.3) is 0 Å². The fourth-order valence-corrected chi connectivity index (χ4v) is 1.90. The van der Waals surface area contributed by atoms with Crippen molar-refractivity contribution in [2.75, 3.05) is 19.6 Å². The van der Waals surface area contributed by atoms with Crippen molar-refractivity contribution in [3.8, 4) is 0 Å². The van der Waals surface area contributed by atoms with Crippen LogP contribution in [-0.4, -0.2) is 43.4 Å². The number of nitrogens with two attached hydrogens (primary N) is 3. The van der Waals surface area contributed by atoms with E-state index in [9.17, 15) is 14.4 Å². The van der Waals surface area contributed by atoms with Crippen LogP contribution in [0.4, 0.5) is 0 Å². The maximum atomic E-state index is 11.7. The van der Waals surface area contributed by atoms with Crippen LogP contribution >= 0.6 is 0 Å². The monoisotopic (exact) mass is 315 g/mol. The molecular formula is C14H29N5O3. The molecule has 0 saturated heterocycles. The van der Waals surface area contributed by atoms with Crippen LogP contribution in [0.5, 0.6) is 0 Å². The van der Waals surface area contributed by atoms with Crippen LogP contribution in [0.2, 0.25) is 0 Å². The molecule has 8 N–H and O–H groups in total. The van der Waals surface area contributed by atoms with E-state index in [0.29, 0.717) is 32.4 Å². The Hall–Kier alpha value is -1.67. The smallest absolute Gasteiger partial charge is 0.240 e. The molecule has 0 rings (SSSR count). The molecule has 0 saturated carbocycles. The van der Waals surface area contributed by atoms with E-state index in [1.165, 1.54) is 0 Å². The Morgan fingerprint density at radius 2 is 1.50 bits per heavy atom. The summed E-state index contributed by atoms with van der Waals surface area (Å²) in [4.78, 5) is 34.5. The Bertz CT molecular complexity index is 349. The summed E-state index contributed by atoms with van der Waals surface area (Å²) in [5.74, 6) is -1.20. The molecule has 0 spiro atoms. The molecule has 0 aromatic rings. The lowest BCUT2D eigenvalue weighted by molar-refractivity contribution is -0.128. The maximum Gasteiger partial charge on any atom is 0.240 e. The van der Waals surface area contributed by atoms with Gasteiger partial charge in [0.25, 0.3) is 0 Å². The van der Waals surface area contributed by atoms with Gasteiger partial charge in [-0.25, -0.2) is 0 Å². The molecule has 0 unspecified atom stereocenters. The van der Waals surface area contributed by atoms with Crippen LogP contribution in [-0.2, 0) is 14.4 Å². The van der Waals surface area contributed by atoms with Crippen molar-refractivity contribution < 1.29 is 14.4 Å². The van der Waals surface area contributed by atoms with Gasteiger partial charge in [0.15, 0.2) is 0 Å². The molecule has 0 aliphatic heterocycles. The van der Waals surface area contributed by atoms with E-state index in [0.717, 1.165) is 25.7 Å². The van der Waals surface area contributed by atoms with Crippen molar-refractivity contribution in [3.63, 3.8) is 0 Å². The van der Waals surface area contributed by atoms with E-state index >= 15 is 0 Å². The summed E-state index contributed by atoms with van der Waals surface area (Å²) in [5.41, 5.74) is 16.0. The third-order valence-corrected chi connectivity index (χ3v) is 3.18. The number of rotatable bonds is 13. The first kappa shape index (κ1) is 20.3. The van der Waals surface area contributed by atoms with Gasteiger partial charge in [-0.3, -0.25) is 14.4 Å². The molecule has 3 amide bonds. The molecule has 0 bridgehead atoms. The lowest BCUT2D eigenvalue weighted by atomic mass is 10.1. The minimum Gasteiger partial charge on any atom is -0.368 e. The molecule has 8 heteroatoms. The summed E-state index contributed by atoms with van der Waals surface area (Å²) >= 11 is 0. The number of primary amides is 1. The molecule has 22 heavy (non-hydrogen) atoms. The molecule has 0 aliphatic carbocycles. The lowest BCUT2D eigenvalue weighted by Crippen LogP contribution is -2.47. The molecule has 0 aromatic carbocycles. The predicted molar refractivity (Wildman–Crippen MR) is 84.6 cm³/mol. The Morgan fingerprint density at radius 1 is 0.864 bits per heavy atom. The minimum atomic E-state index is -0.722. The Balaban J connectivity index is 3.93. The Labute approximate surface area is 131 Å². The van der Waals surface area contributed by atoms with Gasteiger partial charge in [0, 0.05) is 6.42 Å². The molecule has 0 heterocycles. The zero-order valence-corrected chi connectivity index (χ0v) is 13.1. The first-order valence-corrected chi connectivity index (χ1v) is 7.76. The van der Waals surface area contributed by atoms with Crippen molar-refractivity contribution in [2.45, 2.75) is 51.0 Å². The molecule has 0 aromatic heterocycles. The summed E-state index contributed by atoms with van der Waals surface area (Å²) in [6.45, 7) is 0.985. The maximum absolute atomic E-state index is 11.7. The van der Waals surface area contributed by atoms with Gasteiger partial charge >= 0.3 is 0 Å². The van der Waals surface area contributed by atoms with E-state index in [2.05, 4.69) is 10.6 Å². The van der Waals surface area contributed by atoms with Crippen LogP contribution in [0.3, 0.4) is 0 Å². The van der Waals surface area contributed by atoms with Crippen molar-refractivity contribution in [1.82, 2.24) is 10.6 Å². The molecule has 0 fully saturated rings. The Kier molecular flexibility index (Phi) is 12.0. The van der Waals surface area contributed by atoms with Crippen LogP contribution < -0.4 is 27.8 Å². The van der Waals surface area contributed by atoms with E-state index in [1.807, 2.05) is 0 Å². The number of carbonyl (C=O) groups is 3. The highest BCUT2D eigenvalue weighted by atomic mass is 16.2. The molecule has 8 nitrogen and oxygen atoms in total. The number of amides is 3. The molecular weight excluding hydrogens is 286 g/mol. The zero-order valence-electron chi connectivity index (χ0n) is 13.1. The topological polar surface area (TPSA) is 153 Å². The van der Waals surface area contributed by atoms with Crippen molar-refractivity contribution >= 4 is 17.7 Å². The molecule has 0 aliphatic rings. The van der Waals surface area contributed by atoms with Crippen LogP contribution in [0.1, 0.15) is 44.9 Å². The third-order valence-electron chi connectivity index (χ3n) is 3.18. The van der Waals surface area contributed by atoms with E-state index in [4.69, 9.17) is 17.2 Å². The van der Waals surface area contributed by atoms with Crippen LogP contribution in [0.15, 0.2) is 0 Å². The second-order valence-corrected chi connectivity index (χ2v) is 5.18. The average Bonchev–Trinajstić information content (AvgIpc) is 2.48. The summed E-state index contributed by atoms with van der Waals surface area (Å²) in [7, 11) is 0. The number of carbonyl (C=O) groups excluding carboxylic acids is 3. The van der Waals surface area contributed by atoms with Gasteiger partial charge < -0.3 is 27.8 Å². The van der Waals surface area contributed by atoms with Gasteiger partial charge in [-0.1, -0.05) is 6.42 Å². The normalized spacial score (nSPS) is 11.7. The van der Waals surface area contributed by atoms with Crippen molar-refractivity contribution in [2.24, 2.45) is 17.2 Å². The SMILES string of the molecule is NCCCCCC(=O)NCC(=O)N[C@@H](CCCCN)C(N)=O. The standard InChI is InChI=1S/C14H29N5O3/c15-8-4-1-2-7-12(20)18-10-13(21)19-11(14(17)22)6-3-5-9-16/h11H,1-10,15-16H2,(H2,17,22)(H,18,20)(H,19,21)/t11-/m0/s1. The van der Waals surface area contributed by atoms with Gasteiger partial charge in [-0.15, -0.1) is 0 Å². The zero-order chi connectivity index (χ0) is 16.8. The summed E-state index contributed by atoms with van der Waals surface area (Å²) < 4.78 is 0. The number of hydrogen-bond acceptors (Lipinski definition) is 5. The predicted octanol–water partition coefficient (Wildman–Crippen LogP) is -1.28. The third kappa shape index (κ3) is 11.0. The fraction of sp³-hybridized carbons (Fsp3) is 0.786. The van der Waals surface area contributed by atoms with E-state index in [-0.39, 0.29) is 12.5 Å². The van der Waals surface area contributed by atoms with Gasteiger partial charge in [0.2, 0.25) is 17.7 Å². The second-order valence-electron chi connectivity index (χ2n) is 5.18. The van der Waals surface area contributed by atoms with Gasteiger partial charge in [-0.2, -0.15) is 0 Å². The summed E-state index contributed by atoms with van der Waals surface area (Å²) in [6.07, 6.45) is 4.80. The van der Waals surface area contributed by atoms with Crippen molar-refractivity contribution in [3.05, 3.63) is 0 Å². The van der Waals surface area contributed by atoms with E-state index in [1.54, 1.807) is 0 Å². The van der Waals surface area contributed by atoms with Crippen LogP contribution in [0, 0.1) is 0 Å². The summed E-state index contributed by atoms with van der Waals surface area (Å²) in [6, 6.07) is -0.722. The highest BCUT2D eigenvalue weighted by Gasteiger charge is 2.17. The first-order valence-electron chi connectivity index (χ1n) is 7.76. The average molecular weight is 315 g/mol. The second kappa shape index (κ2) is 13.0. The lowest BCUT2D eigenvalue weighted by Gasteiger charge is -2.15. The van der Waals surface area contributed by atoms with Gasteiger partial charge in [-0.05, 0) is 45.2 Å². The highest BCUT2D eigenvalue weighted by Crippen LogP contribution is 2.00. The highest BCUT2D eigenvalue weighted by molar-refractivity contribution is 5.89. The summed E-state index contributed by atoms with van der Waals surface area (Å²) in [5, 5.41) is 5.04. The quantitative estimate of drug-likeness (QED) is 0.268. The number of unbranched alkanes of at least 4 members (excludes halogenated alkanes) is 3. The first-order chi connectivity index (χ1) is 10.5. The number of hydrogen-bond donors (Lipinski definition) is 5. The number of nitrogens with one attached hydrogen (secondary N) is 2. The van der Waals surface area contributed by atoms with E-state index < -0.39 is 17.9 Å².